The number of carbonyl (C=O) groups is 2. The smallest absolute Gasteiger partial charge is 0.295 e. The van der Waals surface area contributed by atoms with Gasteiger partial charge in [-0.15, -0.1) is 0 Å². The van der Waals surface area contributed by atoms with Gasteiger partial charge in [0.2, 0.25) is 0 Å². The normalized spacial score (nSPS) is 17.2. The van der Waals surface area contributed by atoms with Gasteiger partial charge >= 0.3 is 0 Å². The second kappa shape index (κ2) is 10.9. The van der Waals surface area contributed by atoms with Crippen LogP contribution in [0.15, 0.2) is 35.9 Å². The van der Waals surface area contributed by atoms with Crippen molar-refractivity contribution in [3.63, 3.8) is 0 Å². The molecule has 35 heavy (non-hydrogen) atoms. The van der Waals surface area contributed by atoms with Crippen molar-refractivity contribution in [1.29, 1.82) is 0 Å². The maximum Gasteiger partial charge on any atom is 0.295 e. The molecule has 9 nitrogen and oxygen atoms in total. The number of likely N-dealkylation sites (tertiary alicyclic amines) is 1. The molecule has 1 aliphatic heterocycles. The zero-order valence-electron chi connectivity index (χ0n) is 20.1. The van der Waals surface area contributed by atoms with Gasteiger partial charge in [-0.3, -0.25) is 9.59 Å². The summed E-state index contributed by atoms with van der Waals surface area (Å²) in [6.45, 7) is 3.96. The average Bonchev–Trinajstić information content (AvgIpc) is 3.08. The highest BCUT2D eigenvalue weighted by Crippen LogP contribution is 2.44. The van der Waals surface area contributed by atoms with Crippen LogP contribution in [0.1, 0.15) is 31.0 Å². The molecule has 1 saturated heterocycles. The van der Waals surface area contributed by atoms with Crippen molar-refractivity contribution in [2.75, 3.05) is 34.5 Å². The monoisotopic (exact) mass is 505 g/mol. The number of phenolic OH excluding ortho intramolecular Hbond substituents is 1. The number of ketones is 1. The maximum absolute atomic E-state index is 13.2. The van der Waals surface area contributed by atoms with E-state index in [4.69, 9.17) is 30.5 Å². The Kier molecular flexibility index (Phi) is 8.14. The van der Waals surface area contributed by atoms with E-state index in [-0.39, 0.29) is 52.7 Å². The van der Waals surface area contributed by atoms with Crippen molar-refractivity contribution in [3.8, 4) is 23.0 Å². The van der Waals surface area contributed by atoms with Gasteiger partial charge in [0.25, 0.3) is 11.7 Å². The summed E-state index contributed by atoms with van der Waals surface area (Å²) >= 11 is 6.27. The standard InChI is InChI=1S/C25H28ClNO8/c1-13(2)35-9-8-27-22(14-6-7-18(32-3)17(28)10-14)21(24(30)25(27)31)23(29)15-11-16(26)20(34-5)12-19(15)33-4/h6-7,10-13,22,28-29H,8-9H2,1-5H3/b23-21+. The Balaban J connectivity index is 2.21. The molecule has 1 atom stereocenters. The summed E-state index contributed by atoms with van der Waals surface area (Å²) in [7, 11) is 4.23. The molecule has 1 unspecified atom stereocenters. The summed E-state index contributed by atoms with van der Waals surface area (Å²) in [5.41, 5.74) is 0.327. The fourth-order valence-corrected chi connectivity index (χ4v) is 4.15. The molecular weight excluding hydrogens is 478 g/mol. The van der Waals surface area contributed by atoms with Crippen LogP contribution in [0.2, 0.25) is 5.02 Å². The molecule has 1 heterocycles. The first-order valence-electron chi connectivity index (χ1n) is 10.8. The molecule has 188 valence electrons. The van der Waals surface area contributed by atoms with Crippen LogP contribution in [0, 0.1) is 0 Å². The van der Waals surface area contributed by atoms with Crippen LogP contribution in [-0.4, -0.2) is 67.4 Å². The number of halogens is 1. The van der Waals surface area contributed by atoms with E-state index in [1.54, 1.807) is 6.07 Å². The minimum Gasteiger partial charge on any atom is -0.507 e. The molecule has 1 fully saturated rings. The van der Waals surface area contributed by atoms with Gasteiger partial charge < -0.3 is 34.1 Å². The van der Waals surface area contributed by atoms with Crippen molar-refractivity contribution in [3.05, 3.63) is 52.1 Å². The molecule has 1 amide bonds. The number of aliphatic hydroxyl groups excluding tert-OH is 1. The Morgan fingerprint density at radius 1 is 1.03 bits per heavy atom. The SMILES string of the molecule is COc1ccc(C2/C(=C(\O)c3cc(Cl)c(OC)cc3OC)C(=O)C(=O)N2CCOC(C)C)cc1O. The van der Waals surface area contributed by atoms with Crippen LogP contribution in [0.3, 0.4) is 0 Å². The van der Waals surface area contributed by atoms with E-state index >= 15 is 0 Å². The number of hydrogen-bond acceptors (Lipinski definition) is 8. The molecule has 0 spiro atoms. The highest BCUT2D eigenvalue weighted by molar-refractivity contribution is 6.46. The van der Waals surface area contributed by atoms with Crippen molar-refractivity contribution < 1.29 is 38.7 Å². The van der Waals surface area contributed by atoms with Crippen molar-refractivity contribution in [2.24, 2.45) is 0 Å². The topological polar surface area (TPSA) is 115 Å². The van der Waals surface area contributed by atoms with Gasteiger partial charge in [0.15, 0.2) is 11.5 Å². The van der Waals surface area contributed by atoms with Gasteiger partial charge in [-0.25, -0.2) is 0 Å². The summed E-state index contributed by atoms with van der Waals surface area (Å²) in [6, 6.07) is 6.37. The lowest BCUT2D eigenvalue weighted by atomic mass is 9.94. The predicted octanol–water partition coefficient (Wildman–Crippen LogP) is 3.92. The van der Waals surface area contributed by atoms with Gasteiger partial charge in [0.1, 0.15) is 17.3 Å². The predicted molar refractivity (Wildman–Crippen MR) is 129 cm³/mol. The molecule has 2 aromatic carbocycles. The number of Topliss-reactive ketones (excluding diaryl/α,β-unsaturated/α-hetero) is 1. The summed E-state index contributed by atoms with van der Waals surface area (Å²) < 4.78 is 21.3. The fraction of sp³-hybridized carbons (Fsp3) is 0.360. The Morgan fingerprint density at radius 3 is 2.26 bits per heavy atom. The van der Waals surface area contributed by atoms with Crippen molar-refractivity contribution >= 4 is 29.1 Å². The van der Waals surface area contributed by atoms with Gasteiger partial charge in [-0.1, -0.05) is 17.7 Å². The van der Waals surface area contributed by atoms with Gasteiger partial charge in [0.05, 0.1) is 56.2 Å². The Morgan fingerprint density at radius 2 is 1.69 bits per heavy atom. The Bertz CT molecular complexity index is 1160. The van der Waals surface area contributed by atoms with Crippen LogP contribution >= 0.6 is 11.6 Å². The number of hydrogen-bond donors (Lipinski definition) is 2. The lowest BCUT2D eigenvalue weighted by Crippen LogP contribution is -2.33. The van der Waals surface area contributed by atoms with Crippen LogP contribution in [0.25, 0.3) is 5.76 Å². The largest absolute Gasteiger partial charge is 0.507 e. The minimum atomic E-state index is -1.01. The first-order valence-corrected chi connectivity index (χ1v) is 11.2. The number of phenols is 1. The third-order valence-electron chi connectivity index (χ3n) is 5.57. The Labute approximate surface area is 208 Å². The maximum atomic E-state index is 13.2. The zero-order valence-corrected chi connectivity index (χ0v) is 20.9. The highest BCUT2D eigenvalue weighted by Gasteiger charge is 2.46. The number of ether oxygens (including phenoxy) is 4. The van der Waals surface area contributed by atoms with E-state index in [1.807, 2.05) is 13.8 Å². The molecule has 2 N–H and O–H groups in total. The molecule has 0 radical (unpaired) electrons. The summed E-state index contributed by atoms with van der Waals surface area (Å²) in [5, 5.41) is 21.9. The van der Waals surface area contributed by atoms with Crippen LogP contribution in [0.5, 0.6) is 23.0 Å². The molecule has 1 aliphatic rings. The van der Waals surface area contributed by atoms with Gasteiger partial charge in [-0.2, -0.15) is 0 Å². The number of aromatic hydroxyl groups is 1. The summed E-state index contributed by atoms with van der Waals surface area (Å²) in [6.07, 6.45) is -0.0824. The quantitative estimate of drug-likeness (QED) is 0.299. The first-order chi connectivity index (χ1) is 16.6. The van der Waals surface area contributed by atoms with Crippen molar-refractivity contribution in [1.82, 2.24) is 4.90 Å². The number of aliphatic hydroxyl groups is 1. The first kappa shape index (κ1) is 26.2. The van der Waals surface area contributed by atoms with Crippen LogP contribution < -0.4 is 14.2 Å². The number of benzene rings is 2. The lowest BCUT2D eigenvalue weighted by Gasteiger charge is -2.26. The van der Waals surface area contributed by atoms with E-state index in [0.29, 0.717) is 11.3 Å². The number of amides is 1. The van der Waals surface area contributed by atoms with E-state index in [0.717, 1.165) is 0 Å². The number of carbonyl (C=O) groups excluding carboxylic acids is 2. The molecule has 0 aromatic heterocycles. The highest BCUT2D eigenvalue weighted by atomic mass is 35.5. The van der Waals surface area contributed by atoms with E-state index in [1.165, 1.54) is 50.5 Å². The number of methoxy groups -OCH3 is 3. The number of rotatable bonds is 9. The van der Waals surface area contributed by atoms with E-state index in [2.05, 4.69) is 0 Å². The Hall–Kier alpha value is -3.43. The number of nitrogens with zero attached hydrogens (tertiary/aromatic N) is 1. The fourth-order valence-electron chi connectivity index (χ4n) is 3.91. The van der Waals surface area contributed by atoms with Crippen LogP contribution in [-0.2, 0) is 14.3 Å². The van der Waals surface area contributed by atoms with E-state index in [9.17, 15) is 19.8 Å². The third-order valence-corrected chi connectivity index (χ3v) is 5.87. The zero-order chi connectivity index (χ0) is 25.9. The van der Waals surface area contributed by atoms with E-state index < -0.39 is 23.5 Å². The molecule has 2 aromatic rings. The van der Waals surface area contributed by atoms with Gasteiger partial charge in [-0.05, 0) is 37.6 Å². The second-order valence-corrected chi connectivity index (χ2v) is 8.44. The molecule has 0 saturated carbocycles. The summed E-state index contributed by atoms with van der Waals surface area (Å²) in [5.74, 6) is -1.63. The lowest BCUT2D eigenvalue weighted by molar-refractivity contribution is -0.140. The van der Waals surface area contributed by atoms with Crippen molar-refractivity contribution in [2.45, 2.75) is 26.0 Å². The molecule has 3 rings (SSSR count). The molecular formula is C25H28ClNO8. The van der Waals surface area contributed by atoms with Gasteiger partial charge in [0, 0.05) is 12.6 Å². The molecule has 10 heteroatoms. The average molecular weight is 506 g/mol. The second-order valence-electron chi connectivity index (χ2n) is 8.03. The van der Waals surface area contributed by atoms with Crippen LogP contribution in [0.4, 0.5) is 0 Å². The molecule has 0 aliphatic carbocycles. The molecule has 0 bridgehead atoms. The third kappa shape index (κ3) is 5.16. The minimum absolute atomic E-state index is 0.0808. The summed E-state index contributed by atoms with van der Waals surface area (Å²) in [4.78, 5) is 27.5.